The first kappa shape index (κ1) is 11.2. The van der Waals surface area contributed by atoms with Gasteiger partial charge in [0.25, 0.3) is 0 Å². The Morgan fingerprint density at radius 3 is 2.71 bits per heavy atom. The van der Waals surface area contributed by atoms with E-state index in [-0.39, 0.29) is 23.5 Å². The zero-order valence-electron chi connectivity index (χ0n) is 7.93. The van der Waals surface area contributed by atoms with E-state index in [2.05, 4.69) is 15.9 Å². The highest BCUT2D eigenvalue weighted by molar-refractivity contribution is 9.10. The molecule has 0 spiro atoms. The minimum Gasteiger partial charge on any atom is -0.495 e. The number of hydrogen-bond donors (Lipinski definition) is 0. The van der Waals surface area contributed by atoms with Crippen molar-refractivity contribution in [1.29, 1.82) is 0 Å². The molecule has 0 saturated carbocycles. The maximum absolute atomic E-state index is 13.3. The summed E-state index contributed by atoms with van der Waals surface area (Å²) < 4.78 is 18.9. The van der Waals surface area contributed by atoms with Gasteiger partial charge in [-0.2, -0.15) is 0 Å². The number of ether oxygens (including phenoxy) is 1. The molecule has 0 aliphatic rings. The van der Waals surface area contributed by atoms with Crippen LogP contribution in [0.2, 0.25) is 0 Å². The summed E-state index contributed by atoms with van der Waals surface area (Å²) in [5.74, 6) is -0.547. The number of halogens is 2. The molecule has 0 bridgehead atoms. The average molecular weight is 261 g/mol. The second-order valence-electron chi connectivity index (χ2n) is 2.71. The number of carbonyl (C=O) groups excluding carboxylic acids is 1. The first-order valence-corrected chi connectivity index (χ1v) is 4.96. The van der Waals surface area contributed by atoms with Gasteiger partial charge in [-0.05, 0) is 28.1 Å². The molecule has 0 radical (unpaired) electrons. The quantitative estimate of drug-likeness (QED) is 0.781. The summed E-state index contributed by atoms with van der Waals surface area (Å²) in [5.41, 5.74) is 0.0179. The van der Waals surface area contributed by atoms with Gasteiger partial charge in [-0.3, -0.25) is 4.79 Å². The van der Waals surface area contributed by atoms with Crippen LogP contribution >= 0.6 is 15.9 Å². The molecular weight excluding hydrogens is 251 g/mol. The number of methoxy groups -OCH3 is 1. The highest BCUT2D eigenvalue weighted by atomic mass is 79.9. The number of hydrogen-bond acceptors (Lipinski definition) is 2. The molecule has 2 nitrogen and oxygen atoms in total. The monoisotopic (exact) mass is 260 g/mol. The molecule has 0 heterocycles. The van der Waals surface area contributed by atoms with Gasteiger partial charge in [-0.15, -0.1) is 0 Å². The summed E-state index contributed by atoms with van der Waals surface area (Å²) in [6.07, 6.45) is 0.254. The maximum atomic E-state index is 13.3. The van der Waals surface area contributed by atoms with Gasteiger partial charge in [0.05, 0.1) is 17.1 Å². The molecule has 0 aliphatic heterocycles. The normalized spacial score (nSPS) is 10.0. The van der Waals surface area contributed by atoms with Crippen LogP contribution in [-0.2, 0) is 0 Å². The van der Waals surface area contributed by atoms with Crippen molar-refractivity contribution in [2.24, 2.45) is 0 Å². The van der Waals surface area contributed by atoms with E-state index >= 15 is 0 Å². The van der Waals surface area contributed by atoms with Crippen molar-refractivity contribution >= 4 is 21.7 Å². The van der Waals surface area contributed by atoms with Crippen molar-refractivity contribution in [3.63, 3.8) is 0 Å². The van der Waals surface area contributed by atoms with Gasteiger partial charge < -0.3 is 4.74 Å². The van der Waals surface area contributed by atoms with Gasteiger partial charge in [-0.25, -0.2) is 4.39 Å². The predicted molar refractivity (Wildman–Crippen MR) is 55.3 cm³/mol. The fourth-order valence-corrected chi connectivity index (χ4v) is 1.66. The van der Waals surface area contributed by atoms with E-state index < -0.39 is 5.82 Å². The van der Waals surface area contributed by atoms with E-state index in [0.29, 0.717) is 4.47 Å². The van der Waals surface area contributed by atoms with Crippen molar-refractivity contribution in [2.75, 3.05) is 7.11 Å². The van der Waals surface area contributed by atoms with Crippen LogP contribution in [0.15, 0.2) is 16.6 Å². The topological polar surface area (TPSA) is 26.3 Å². The Bertz CT molecular complexity index is 363. The lowest BCUT2D eigenvalue weighted by Crippen LogP contribution is -2.04. The largest absolute Gasteiger partial charge is 0.495 e. The summed E-state index contributed by atoms with van der Waals surface area (Å²) in [4.78, 5) is 11.4. The van der Waals surface area contributed by atoms with Crippen LogP contribution in [0.3, 0.4) is 0 Å². The van der Waals surface area contributed by atoms with E-state index in [4.69, 9.17) is 4.74 Å². The molecule has 0 unspecified atom stereocenters. The Labute approximate surface area is 90.2 Å². The number of ketones is 1. The van der Waals surface area contributed by atoms with Crippen LogP contribution < -0.4 is 4.74 Å². The lowest BCUT2D eigenvalue weighted by Gasteiger charge is -2.09. The first-order chi connectivity index (χ1) is 6.61. The standard InChI is InChI=1S/C10H10BrFO2/c1-3-8(13)9-7(12)5-4-6(11)10(9)14-2/h4-5H,3H2,1-2H3. The molecule has 14 heavy (non-hydrogen) atoms. The second kappa shape index (κ2) is 4.55. The Balaban J connectivity index is 3.37. The SMILES string of the molecule is CCC(=O)c1c(F)ccc(Br)c1OC. The van der Waals surface area contributed by atoms with Crippen molar-refractivity contribution in [3.8, 4) is 5.75 Å². The first-order valence-electron chi connectivity index (χ1n) is 4.17. The molecule has 0 aromatic heterocycles. The summed E-state index contributed by atoms with van der Waals surface area (Å²) in [6, 6.07) is 2.76. The molecule has 76 valence electrons. The Kier molecular flexibility index (Phi) is 3.63. The fraction of sp³-hybridized carbons (Fsp3) is 0.300. The number of benzene rings is 1. The summed E-state index contributed by atoms with van der Waals surface area (Å²) in [6.45, 7) is 1.68. The van der Waals surface area contributed by atoms with Crippen molar-refractivity contribution in [1.82, 2.24) is 0 Å². The highest BCUT2D eigenvalue weighted by Gasteiger charge is 2.18. The molecular formula is C10H10BrFO2. The van der Waals surface area contributed by atoms with Crippen molar-refractivity contribution in [2.45, 2.75) is 13.3 Å². The van der Waals surface area contributed by atoms with Gasteiger partial charge in [0.1, 0.15) is 11.6 Å². The molecule has 0 saturated heterocycles. The van der Waals surface area contributed by atoms with E-state index in [1.807, 2.05) is 0 Å². The summed E-state index contributed by atoms with van der Waals surface area (Å²) in [7, 11) is 1.41. The molecule has 1 aromatic rings. The van der Waals surface area contributed by atoms with Gasteiger partial charge >= 0.3 is 0 Å². The van der Waals surface area contributed by atoms with Crippen LogP contribution in [-0.4, -0.2) is 12.9 Å². The van der Waals surface area contributed by atoms with E-state index in [1.165, 1.54) is 19.2 Å². The molecule has 1 aromatic carbocycles. The van der Waals surface area contributed by atoms with Crippen LogP contribution in [0.25, 0.3) is 0 Å². The zero-order chi connectivity index (χ0) is 10.7. The van der Waals surface area contributed by atoms with Crippen LogP contribution in [0.5, 0.6) is 5.75 Å². The average Bonchev–Trinajstić information content (AvgIpc) is 2.19. The minimum absolute atomic E-state index is 0.0179. The number of Topliss-reactive ketones (excluding diaryl/α,β-unsaturated/α-hetero) is 1. The minimum atomic E-state index is -0.545. The van der Waals surface area contributed by atoms with Gasteiger partial charge in [0.15, 0.2) is 5.78 Å². The van der Waals surface area contributed by atoms with Crippen LogP contribution in [0.4, 0.5) is 4.39 Å². The number of carbonyl (C=O) groups is 1. The molecule has 0 atom stereocenters. The third-order valence-electron chi connectivity index (χ3n) is 1.86. The molecule has 0 amide bonds. The zero-order valence-corrected chi connectivity index (χ0v) is 9.52. The third kappa shape index (κ3) is 1.95. The lowest BCUT2D eigenvalue weighted by molar-refractivity contribution is 0.0981. The van der Waals surface area contributed by atoms with Crippen molar-refractivity contribution < 1.29 is 13.9 Å². The predicted octanol–water partition coefficient (Wildman–Crippen LogP) is 3.19. The highest BCUT2D eigenvalue weighted by Crippen LogP contribution is 2.31. The fourth-order valence-electron chi connectivity index (χ4n) is 1.17. The van der Waals surface area contributed by atoms with Gasteiger partial charge in [0, 0.05) is 6.42 Å². The summed E-state index contributed by atoms with van der Waals surface area (Å²) >= 11 is 3.20. The Morgan fingerprint density at radius 1 is 1.57 bits per heavy atom. The summed E-state index contributed by atoms with van der Waals surface area (Å²) in [5, 5.41) is 0. The van der Waals surface area contributed by atoms with Gasteiger partial charge in [-0.1, -0.05) is 6.92 Å². The van der Waals surface area contributed by atoms with E-state index in [9.17, 15) is 9.18 Å². The lowest BCUT2D eigenvalue weighted by atomic mass is 10.1. The third-order valence-corrected chi connectivity index (χ3v) is 2.49. The molecule has 4 heteroatoms. The Morgan fingerprint density at radius 2 is 2.21 bits per heavy atom. The maximum Gasteiger partial charge on any atom is 0.169 e. The molecule has 0 aliphatic carbocycles. The second-order valence-corrected chi connectivity index (χ2v) is 3.57. The van der Waals surface area contributed by atoms with Crippen molar-refractivity contribution in [3.05, 3.63) is 28.0 Å². The smallest absolute Gasteiger partial charge is 0.169 e. The Hall–Kier alpha value is -0.900. The van der Waals surface area contributed by atoms with E-state index in [1.54, 1.807) is 6.92 Å². The van der Waals surface area contributed by atoms with E-state index in [0.717, 1.165) is 0 Å². The van der Waals surface area contributed by atoms with Crippen LogP contribution in [0.1, 0.15) is 23.7 Å². The molecule has 1 rings (SSSR count). The van der Waals surface area contributed by atoms with Crippen LogP contribution in [0, 0.1) is 5.82 Å². The van der Waals surface area contributed by atoms with Gasteiger partial charge in [0.2, 0.25) is 0 Å². The number of rotatable bonds is 3. The molecule has 0 fully saturated rings. The molecule has 0 N–H and O–H groups in total.